The molecule has 2 aromatic carbocycles. The van der Waals surface area contributed by atoms with Gasteiger partial charge in [0.15, 0.2) is 0 Å². The van der Waals surface area contributed by atoms with Gasteiger partial charge in [0.25, 0.3) is 0 Å². The Morgan fingerprint density at radius 2 is 1.67 bits per heavy atom. The highest BCUT2D eigenvalue weighted by molar-refractivity contribution is 5.88. The first-order valence-electron chi connectivity index (χ1n) is 8.88. The van der Waals surface area contributed by atoms with Crippen LogP contribution in [0.4, 0.5) is 28.8 Å². The fraction of sp³-hybridized carbons (Fsp3) is 0.190. The van der Waals surface area contributed by atoms with Gasteiger partial charge in [-0.25, -0.2) is 4.98 Å². The zero-order valence-electron chi connectivity index (χ0n) is 15.7. The lowest BCUT2D eigenvalue weighted by Gasteiger charge is -2.23. The first-order chi connectivity index (χ1) is 13.0. The Hall–Kier alpha value is -3.41. The molecule has 3 aromatic rings. The standard InChI is InChI=1S/C21H23N5O/c1-4-26(19-8-6-5-7-9-19)20-14-15(2)22-21(25-20)24-18-12-10-17(11-13-18)23-16(3)27/h5-14H,4H2,1-3H3,(H,23,27)(H,22,24,25). The molecule has 6 nitrogen and oxygen atoms in total. The van der Waals surface area contributed by atoms with Crippen LogP contribution in [0.15, 0.2) is 60.7 Å². The molecular formula is C21H23N5O. The number of nitrogens with one attached hydrogen (secondary N) is 2. The first-order valence-corrected chi connectivity index (χ1v) is 8.88. The van der Waals surface area contributed by atoms with E-state index in [9.17, 15) is 4.79 Å². The molecule has 0 radical (unpaired) electrons. The molecule has 27 heavy (non-hydrogen) atoms. The van der Waals surface area contributed by atoms with Gasteiger partial charge in [-0.05, 0) is 50.2 Å². The van der Waals surface area contributed by atoms with E-state index in [-0.39, 0.29) is 5.91 Å². The van der Waals surface area contributed by atoms with Crippen LogP contribution in [0.3, 0.4) is 0 Å². The van der Waals surface area contributed by atoms with E-state index in [0.29, 0.717) is 5.95 Å². The summed E-state index contributed by atoms with van der Waals surface area (Å²) >= 11 is 0. The molecule has 1 aromatic heterocycles. The van der Waals surface area contributed by atoms with Crippen LogP contribution >= 0.6 is 0 Å². The highest BCUT2D eigenvalue weighted by Gasteiger charge is 2.11. The molecule has 0 atom stereocenters. The van der Waals surface area contributed by atoms with Crippen molar-refractivity contribution in [2.75, 3.05) is 22.1 Å². The Kier molecular flexibility index (Phi) is 5.66. The van der Waals surface area contributed by atoms with E-state index >= 15 is 0 Å². The molecule has 0 bridgehead atoms. The summed E-state index contributed by atoms with van der Waals surface area (Å²) < 4.78 is 0. The Balaban J connectivity index is 1.84. The third-order valence-electron chi connectivity index (χ3n) is 3.96. The Morgan fingerprint density at radius 1 is 1.00 bits per heavy atom. The fourth-order valence-electron chi connectivity index (χ4n) is 2.80. The van der Waals surface area contributed by atoms with Gasteiger partial charge >= 0.3 is 0 Å². The van der Waals surface area contributed by atoms with E-state index in [2.05, 4.69) is 44.6 Å². The molecule has 2 N–H and O–H groups in total. The van der Waals surface area contributed by atoms with Gasteiger partial charge in [0.05, 0.1) is 0 Å². The van der Waals surface area contributed by atoms with Crippen LogP contribution in [0, 0.1) is 6.92 Å². The second-order valence-electron chi connectivity index (χ2n) is 6.15. The van der Waals surface area contributed by atoms with Crippen molar-refractivity contribution in [2.45, 2.75) is 20.8 Å². The van der Waals surface area contributed by atoms with Gasteiger partial charge in [-0.3, -0.25) is 4.79 Å². The van der Waals surface area contributed by atoms with Gasteiger partial charge in [0, 0.05) is 42.3 Å². The van der Waals surface area contributed by atoms with Crippen LogP contribution in [0.5, 0.6) is 0 Å². The molecule has 1 heterocycles. The third kappa shape index (κ3) is 4.82. The molecule has 0 saturated carbocycles. The average molecular weight is 361 g/mol. The van der Waals surface area contributed by atoms with E-state index in [1.807, 2.05) is 55.5 Å². The quantitative estimate of drug-likeness (QED) is 0.669. The summed E-state index contributed by atoms with van der Waals surface area (Å²) in [6.07, 6.45) is 0. The second-order valence-corrected chi connectivity index (χ2v) is 6.15. The maximum atomic E-state index is 11.1. The minimum absolute atomic E-state index is 0.0945. The Morgan fingerprint density at radius 3 is 2.30 bits per heavy atom. The summed E-state index contributed by atoms with van der Waals surface area (Å²) in [4.78, 5) is 22.4. The topological polar surface area (TPSA) is 70.2 Å². The molecule has 0 spiro atoms. The molecule has 0 aliphatic rings. The lowest BCUT2D eigenvalue weighted by molar-refractivity contribution is -0.114. The highest BCUT2D eigenvalue weighted by Crippen LogP contribution is 2.25. The van der Waals surface area contributed by atoms with Crippen molar-refractivity contribution in [1.82, 2.24) is 9.97 Å². The van der Waals surface area contributed by atoms with Crippen molar-refractivity contribution in [1.29, 1.82) is 0 Å². The molecular weight excluding hydrogens is 338 g/mol. The number of hydrogen-bond donors (Lipinski definition) is 2. The molecule has 0 fully saturated rings. The maximum Gasteiger partial charge on any atom is 0.229 e. The number of amides is 1. The van der Waals surface area contributed by atoms with Crippen LogP contribution in [0.1, 0.15) is 19.5 Å². The smallest absolute Gasteiger partial charge is 0.229 e. The monoisotopic (exact) mass is 361 g/mol. The van der Waals surface area contributed by atoms with Crippen LogP contribution in [-0.2, 0) is 4.79 Å². The molecule has 138 valence electrons. The predicted molar refractivity (Wildman–Crippen MR) is 110 cm³/mol. The van der Waals surface area contributed by atoms with E-state index < -0.39 is 0 Å². The molecule has 1 amide bonds. The summed E-state index contributed by atoms with van der Waals surface area (Å²) in [5.74, 6) is 1.28. The van der Waals surface area contributed by atoms with Crippen molar-refractivity contribution in [3.05, 3.63) is 66.4 Å². The number of carbonyl (C=O) groups excluding carboxylic acids is 1. The lowest BCUT2D eigenvalue weighted by atomic mass is 10.2. The molecule has 0 aliphatic carbocycles. The highest BCUT2D eigenvalue weighted by atomic mass is 16.1. The molecule has 0 saturated heterocycles. The van der Waals surface area contributed by atoms with Crippen LogP contribution in [0.2, 0.25) is 0 Å². The summed E-state index contributed by atoms with van der Waals surface area (Å²) in [5.41, 5.74) is 3.57. The summed E-state index contributed by atoms with van der Waals surface area (Å²) in [6, 6.07) is 19.6. The summed E-state index contributed by atoms with van der Waals surface area (Å²) in [7, 11) is 0. The van der Waals surface area contributed by atoms with E-state index in [0.717, 1.165) is 35.1 Å². The van der Waals surface area contributed by atoms with Crippen molar-refractivity contribution < 1.29 is 4.79 Å². The van der Waals surface area contributed by atoms with Crippen LogP contribution in [0.25, 0.3) is 0 Å². The van der Waals surface area contributed by atoms with Crippen LogP contribution < -0.4 is 15.5 Å². The minimum Gasteiger partial charge on any atom is -0.326 e. The number of anilines is 5. The fourth-order valence-corrected chi connectivity index (χ4v) is 2.80. The van der Waals surface area contributed by atoms with Gasteiger partial charge < -0.3 is 15.5 Å². The largest absolute Gasteiger partial charge is 0.326 e. The normalized spacial score (nSPS) is 10.3. The Bertz CT molecular complexity index is 910. The number of rotatable bonds is 6. The SMILES string of the molecule is CCN(c1ccccc1)c1cc(C)nc(Nc2ccc(NC(C)=O)cc2)n1. The number of aryl methyl sites for hydroxylation is 1. The number of carbonyl (C=O) groups is 1. The van der Waals surface area contributed by atoms with Gasteiger partial charge in [-0.2, -0.15) is 4.98 Å². The van der Waals surface area contributed by atoms with Gasteiger partial charge in [0.2, 0.25) is 11.9 Å². The predicted octanol–water partition coefficient (Wildman–Crippen LogP) is 4.65. The lowest BCUT2D eigenvalue weighted by Crippen LogP contribution is -2.18. The van der Waals surface area contributed by atoms with Crippen molar-refractivity contribution >= 4 is 34.7 Å². The van der Waals surface area contributed by atoms with E-state index in [4.69, 9.17) is 0 Å². The molecule has 0 unspecified atom stereocenters. The average Bonchev–Trinajstić information content (AvgIpc) is 2.64. The zero-order chi connectivity index (χ0) is 19.2. The van der Waals surface area contributed by atoms with Crippen molar-refractivity contribution in [3.63, 3.8) is 0 Å². The first kappa shape index (κ1) is 18.4. The van der Waals surface area contributed by atoms with Gasteiger partial charge in [0.1, 0.15) is 5.82 Å². The van der Waals surface area contributed by atoms with Crippen LogP contribution in [-0.4, -0.2) is 22.4 Å². The number of nitrogens with zero attached hydrogens (tertiary/aromatic N) is 3. The van der Waals surface area contributed by atoms with E-state index in [1.165, 1.54) is 6.92 Å². The third-order valence-corrected chi connectivity index (χ3v) is 3.96. The summed E-state index contributed by atoms with van der Waals surface area (Å²) in [6.45, 7) is 6.33. The number of aromatic nitrogens is 2. The number of hydrogen-bond acceptors (Lipinski definition) is 5. The van der Waals surface area contributed by atoms with Gasteiger partial charge in [-0.15, -0.1) is 0 Å². The molecule has 6 heteroatoms. The van der Waals surface area contributed by atoms with Crippen molar-refractivity contribution in [3.8, 4) is 0 Å². The minimum atomic E-state index is -0.0945. The van der Waals surface area contributed by atoms with Gasteiger partial charge in [-0.1, -0.05) is 18.2 Å². The van der Waals surface area contributed by atoms with E-state index in [1.54, 1.807) is 0 Å². The maximum absolute atomic E-state index is 11.1. The Labute approximate surface area is 159 Å². The number of para-hydroxylation sites is 1. The van der Waals surface area contributed by atoms with Crippen molar-refractivity contribution in [2.24, 2.45) is 0 Å². The summed E-state index contributed by atoms with van der Waals surface area (Å²) in [5, 5.41) is 5.98. The molecule has 0 aliphatic heterocycles. The number of benzene rings is 2. The molecule has 3 rings (SSSR count). The second kappa shape index (κ2) is 8.31. The zero-order valence-corrected chi connectivity index (χ0v) is 15.7.